The quantitative estimate of drug-likeness (QED) is 0.805. The molecule has 1 amide bonds. The first-order valence-corrected chi connectivity index (χ1v) is 6.32. The Labute approximate surface area is 115 Å². The van der Waals surface area contributed by atoms with Gasteiger partial charge in [-0.25, -0.2) is 0 Å². The molecule has 0 bridgehead atoms. The number of hydrogen-bond acceptors (Lipinski definition) is 3. The normalized spacial score (nSPS) is 10.4. The monoisotopic (exact) mass is 279 g/mol. The Kier molecular flexibility index (Phi) is 4.06. The van der Waals surface area contributed by atoms with Crippen LogP contribution in [-0.4, -0.2) is 21.2 Å². The van der Waals surface area contributed by atoms with E-state index >= 15 is 0 Å². The van der Waals surface area contributed by atoms with Crippen molar-refractivity contribution in [2.75, 3.05) is 5.32 Å². The lowest BCUT2D eigenvalue weighted by atomic mass is 10.2. The lowest BCUT2D eigenvalue weighted by molar-refractivity contribution is 0.102. The third-order valence-electron chi connectivity index (χ3n) is 2.60. The summed E-state index contributed by atoms with van der Waals surface area (Å²) in [6.45, 7) is 2.07. The molecule has 0 aliphatic rings. The highest BCUT2D eigenvalue weighted by Crippen LogP contribution is 2.24. The van der Waals surface area contributed by atoms with E-state index in [1.54, 1.807) is 6.07 Å². The van der Waals surface area contributed by atoms with Gasteiger partial charge < -0.3 is 10.4 Å². The molecule has 0 atom stereocenters. The largest absolute Gasteiger partial charge is 0.506 e. The van der Waals surface area contributed by atoms with Crippen LogP contribution in [0.5, 0.6) is 5.75 Å². The molecule has 0 saturated carbocycles. The van der Waals surface area contributed by atoms with Gasteiger partial charge in [-0.15, -0.1) is 0 Å². The molecule has 5 nitrogen and oxygen atoms in total. The highest BCUT2D eigenvalue weighted by molar-refractivity contribution is 6.32. The summed E-state index contributed by atoms with van der Waals surface area (Å²) in [5, 5.41) is 19.0. The number of amides is 1. The van der Waals surface area contributed by atoms with Crippen LogP contribution in [0.15, 0.2) is 24.3 Å². The highest BCUT2D eigenvalue weighted by atomic mass is 35.5. The predicted octanol–water partition coefficient (Wildman–Crippen LogP) is 2.97. The van der Waals surface area contributed by atoms with Crippen molar-refractivity contribution in [2.45, 2.75) is 19.8 Å². The smallest absolute Gasteiger partial charge is 0.256 e. The maximum Gasteiger partial charge on any atom is 0.256 e. The summed E-state index contributed by atoms with van der Waals surface area (Å²) in [6.07, 6.45) is 1.89. The van der Waals surface area contributed by atoms with E-state index in [1.165, 1.54) is 18.2 Å². The second-order valence-electron chi connectivity index (χ2n) is 4.15. The molecule has 100 valence electrons. The van der Waals surface area contributed by atoms with Crippen LogP contribution in [0, 0.1) is 0 Å². The van der Waals surface area contributed by atoms with Crippen LogP contribution in [-0.2, 0) is 6.42 Å². The molecular weight excluding hydrogens is 266 g/mol. The van der Waals surface area contributed by atoms with Gasteiger partial charge in [0.15, 0.2) is 5.82 Å². The summed E-state index contributed by atoms with van der Waals surface area (Å²) in [5.74, 6) is 0.0947. The second kappa shape index (κ2) is 5.75. The van der Waals surface area contributed by atoms with Crippen molar-refractivity contribution < 1.29 is 9.90 Å². The number of phenolic OH excluding ortho intramolecular Hbond substituents is 1. The van der Waals surface area contributed by atoms with Crippen LogP contribution in [0.3, 0.4) is 0 Å². The zero-order valence-electron chi connectivity index (χ0n) is 10.4. The fraction of sp³-hybridized carbons (Fsp3) is 0.231. The van der Waals surface area contributed by atoms with Gasteiger partial charge in [0, 0.05) is 17.3 Å². The van der Waals surface area contributed by atoms with Gasteiger partial charge in [0.1, 0.15) is 5.75 Å². The Bertz CT molecular complexity index is 595. The zero-order valence-corrected chi connectivity index (χ0v) is 11.2. The molecule has 0 saturated heterocycles. The molecule has 19 heavy (non-hydrogen) atoms. The molecule has 0 spiro atoms. The number of nitrogens with zero attached hydrogens (tertiary/aromatic N) is 1. The van der Waals surface area contributed by atoms with Crippen LogP contribution >= 0.6 is 11.6 Å². The number of aryl methyl sites for hydroxylation is 1. The topological polar surface area (TPSA) is 78.0 Å². The van der Waals surface area contributed by atoms with Crippen LogP contribution < -0.4 is 5.32 Å². The van der Waals surface area contributed by atoms with E-state index in [-0.39, 0.29) is 16.7 Å². The van der Waals surface area contributed by atoms with Gasteiger partial charge in [-0.05, 0) is 24.6 Å². The standard InChI is InChI=1S/C13H14ClN3O2/c1-2-3-9-7-12(17-16-9)15-13(19)8-4-5-11(18)10(14)6-8/h4-7,18H,2-3H2,1H3,(H2,15,16,17,19). The summed E-state index contributed by atoms with van der Waals surface area (Å²) >= 11 is 5.75. The maximum atomic E-state index is 11.9. The Balaban J connectivity index is 2.09. The third-order valence-corrected chi connectivity index (χ3v) is 2.90. The van der Waals surface area contributed by atoms with E-state index in [9.17, 15) is 9.90 Å². The molecule has 3 N–H and O–H groups in total. The first-order chi connectivity index (χ1) is 9.10. The Hall–Kier alpha value is -2.01. The average Bonchev–Trinajstić information content (AvgIpc) is 2.80. The van der Waals surface area contributed by atoms with E-state index in [0.29, 0.717) is 11.4 Å². The summed E-state index contributed by atoms with van der Waals surface area (Å²) in [6, 6.07) is 6.08. The Morgan fingerprint density at radius 1 is 1.47 bits per heavy atom. The molecule has 2 aromatic rings. The third kappa shape index (κ3) is 3.26. The fourth-order valence-electron chi connectivity index (χ4n) is 1.66. The average molecular weight is 280 g/mol. The number of aromatic nitrogens is 2. The summed E-state index contributed by atoms with van der Waals surface area (Å²) < 4.78 is 0. The number of carbonyl (C=O) groups is 1. The van der Waals surface area contributed by atoms with Crippen molar-refractivity contribution in [3.8, 4) is 5.75 Å². The minimum Gasteiger partial charge on any atom is -0.506 e. The SMILES string of the molecule is CCCc1cc(NC(=O)c2ccc(O)c(Cl)c2)n[nH]1. The predicted molar refractivity (Wildman–Crippen MR) is 73.7 cm³/mol. The van der Waals surface area contributed by atoms with E-state index in [2.05, 4.69) is 22.4 Å². The first kappa shape index (κ1) is 13.4. The van der Waals surface area contributed by atoms with E-state index in [4.69, 9.17) is 11.6 Å². The summed E-state index contributed by atoms with van der Waals surface area (Å²) in [5.41, 5.74) is 1.34. The van der Waals surface area contributed by atoms with Gasteiger partial charge in [-0.1, -0.05) is 24.9 Å². The molecule has 0 aliphatic heterocycles. The van der Waals surface area contributed by atoms with Crippen LogP contribution in [0.1, 0.15) is 29.4 Å². The number of anilines is 1. The number of rotatable bonds is 4. The number of aromatic hydroxyl groups is 1. The second-order valence-corrected chi connectivity index (χ2v) is 4.56. The van der Waals surface area contributed by atoms with Gasteiger partial charge in [0.25, 0.3) is 5.91 Å². The fourth-order valence-corrected chi connectivity index (χ4v) is 1.84. The molecule has 0 fully saturated rings. The van der Waals surface area contributed by atoms with Crippen molar-refractivity contribution in [1.82, 2.24) is 10.2 Å². The maximum absolute atomic E-state index is 11.9. The van der Waals surface area contributed by atoms with Gasteiger partial charge in [0.05, 0.1) is 5.02 Å². The molecule has 0 radical (unpaired) electrons. The van der Waals surface area contributed by atoms with Crippen LogP contribution in [0.2, 0.25) is 5.02 Å². The number of hydrogen-bond donors (Lipinski definition) is 3. The van der Waals surface area contributed by atoms with E-state index in [0.717, 1.165) is 18.5 Å². The van der Waals surface area contributed by atoms with Crippen LogP contribution in [0.25, 0.3) is 0 Å². The molecule has 1 aromatic heterocycles. The summed E-state index contributed by atoms with van der Waals surface area (Å²) in [7, 11) is 0. The molecular formula is C13H14ClN3O2. The highest BCUT2D eigenvalue weighted by Gasteiger charge is 2.10. The Morgan fingerprint density at radius 3 is 2.95 bits per heavy atom. The van der Waals surface area contributed by atoms with Crippen molar-refractivity contribution in [3.63, 3.8) is 0 Å². The zero-order chi connectivity index (χ0) is 13.8. The van der Waals surface area contributed by atoms with Gasteiger partial charge >= 0.3 is 0 Å². The number of nitrogens with one attached hydrogen (secondary N) is 2. The van der Waals surface area contributed by atoms with E-state index in [1.807, 2.05) is 0 Å². The molecule has 1 aromatic carbocycles. The van der Waals surface area contributed by atoms with Crippen molar-refractivity contribution in [1.29, 1.82) is 0 Å². The summed E-state index contributed by atoms with van der Waals surface area (Å²) in [4.78, 5) is 11.9. The van der Waals surface area contributed by atoms with Crippen molar-refractivity contribution in [3.05, 3.63) is 40.5 Å². The van der Waals surface area contributed by atoms with Crippen molar-refractivity contribution in [2.24, 2.45) is 0 Å². The molecule has 2 rings (SSSR count). The minimum atomic E-state index is -0.323. The number of halogens is 1. The molecule has 1 heterocycles. The Morgan fingerprint density at radius 2 is 2.26 bits per heavy atom. The number of aromatic amines is 1. The number of phenols is 1. The van der Waals surface area contributed by atoms with Gasteiger partial charge in [-0.3, -0.25) is 9.89 Å². The molecule has 0 unspecified atom stereocenters. The lowest BCUT2D eigenvalue weighted by Crippen LogP contribution is -2.12. The number of benzene rings is 1. The van der Waals surface area contributed by atoms with Gasteiger partial charge in [-0.2, -0.15) is 5.10 Å². The first-order valence-electron chi connectivity index (χ1n) is 5.94. The molecule has 6 heteroatoms. The number of carbonyl (C=O) groups excluding carboxylic acids is 1. The lowest BCUT2D eigenvalue weighted by Gasteiger charge is -2.03. The molecule has 0 aliphatic carbocycles. The van der Waals surface area contributed by atoms with Gasteiger partial charge in [0.2, 0.25) is 0 Å². The van der Waals surface area contributed by atoms with E-state index < -0.39 is 0 Å². The number of H-pyrrole nitrogens is 1. The van der Waals surface area contributed by atoms with Crippen LogP contribution in [0.4, 0.5) is 5.82 Å². The minimum absolute atomic E-state index is 0.0526. The van der Waals surface area contributed by atoms with Crippen molar-refractivity contribution >= 4 is 23.3 Å².